The first-order valence-electron chi connectivity index (χ1n) is 8.69. The van der Waals surface area contributed by atoms with E-state index in [2.05, 4.69) is 15.1 Å². The minimum absolute atomic E-state index is 0.00144. The van der Waals surface area contributed by atoms with Crippen molar-refractivity contribution in [1.82, 2.24) is 23.7 Å². The smallest absolute Gasteiger partial charge is 0.282 e. The quantitative estimate of drug-likeness (QED) is 0.698. The second-order valence-electron chi connectivity index (χ2n) is 6.18. The molecule has 2 heterocycles. The number of piperazine rings is 1. The second-order valence-corrected chi connectivity index (χ2v) is 8.11. The van der Waals surface area contributed by atoms with Crippen molar-refractivity contribution in [3.63, 3.8) is 0 Å². The molecule has 1 aliphatic rings. The third kappa shape index (κ3) is 4.33. The predicted molar refractivity (Wildman–Crippen MR) is 91.7 cm³/mol. The molecule has 1 aliphatic heterocycles. The van der Waals surface area contributed by atoms with Crippen LogP contribution >= 0.6 is 0 Å². The molecule has 138 valence electrons. The Kier molecular flexibility index (Phi) is 6.73. The summed E-state index contributed by atoms with van der Waals surface area (Å²) in [5.74, 6) is 1.13. The molecule has 0 spiro atoms. The van der Waals surface area contributed by atoms with Crippen molar-refractivity contribution in [3.8, 4) is 0 Å². The van der Waals surface area contributed by atoms with Crippen molar-refractivity contribution in [2.45, 2.75) is 46.6 Å². The van der Waals surface area contributed by atoms with Gasteiger partial charge in [-0.05, 0) is 19.8 Å². The monoisotopic (exact) mass is 359 g/mol. The van der Waals surface area contributed by atoms with Gasteiger partial charge < -0.3 is 4.42 Å². The number of rotatable bonds is 8. The van der Waals surface area contributed by atoms with E-state index in [0.29, 0.717) is 51.0 Å². The van der Waals surface area contributed by atoms with Crippen LogP contribution in [0, 0.1) is 6.92 Å². The first kappa shape index (κ1) is 19.3. The molecule has 24 heavy (non-hydrogen) atoms. The first-order valence-corrected chi connectivity index (χ1v) is 10.1. The van der Waals surface area contributed by atoms with Gasteiger partial charge in [0.25, 0.3) is 10.2 Å². The number of aryl methyl sites for hydroxylation is 1. The minimum Gasteiger partial charge on any atom is -0.424 e. The molecule has 0 bridgehead atoms. The van der Waals surface area contributed by atoms with Crippen LogP contribution in [0.25, 0.3) is 0 Å². The normalized spacial score (nSPS) is 19.0. The second kappa shape index (κ2) is 8.37. The number of nitrogens with zero attached hydrogens (tertiary/aromatic N) is 5. The highest BCUT2D eigenvalue weighted by atomic mass is 32.2. The van der Waals surface area contributed by atoms with Crippen LogP contribution in [0.15, 0.2) is 4.42 Å². The Bertz CT molecular complexity index is 604. The lowest BCUT2D eigenvalue weighted by Crippen LogP contribution is -2.53. The van der Waals surface area contributed by atoms with Crippen molar-refractivity contribution in [1.29, 1.82) is 0 Å². The summed E-state index contributed by atoms with van der Waals surface area (Å²) < 4.78 is 34.3. The van der Waals surface area contributed by atoms with Crippen molar-refractivity contribution in [2.24, 2.45) is 0 Å². The molecule has 0 N–H and O–H groups in total. The van der Waals surface area contributed by atoms with E-state index in [0.717, 1.165) is 12.8 Å². The maximum absolute atomic E-state index is 12.8. The molecule has 8 nitrogen and oxygen atoms in total. The third-order valence-electron chi connectivity index (χ3n) is 4.32. The number of aromatic nitrogens is 2. The maximum atomic E-state index is 12.8. The van der Waals surface area contributed by atoms with E-state index in [1.165, 1.54) is 0 Å². The topological polar surface area (TPSA) is 82.8 Å². The van der Waals surface area contributed by atoms with Crippen LogP contribution in [0.2, 0.25) is 0 Å². The summed E-state index contributed by atoms with van der Waals surface area (Å²) in [7, 11) is -3.37. The van der Waals surface area contributed by atoms with E-state index >= 15 is 0 Å². The summed E-state index contributed by atoms with van der Waals surface area (Å²) >= 11 is 0. The Labute approximate surface area is 145 Å². The molecule has 0 radical (unpaired) electrons. The average Bonchev–Trinajstić information content (AvgIpc) is 3.00. The van der Waals surface area contributed by atoms with Crippen LogP contribution in [0.4, 0.5) is 0 Å². The van der Waals surface area contributed by atoms with Gasteiger partial charge in [0.05, 0.1) is 6.04 Å². The van der Waals surface area contributed by atoms with E-state index in [1.54, 1.807) is 15.5 Å². The SMILES string of the molecule is CCCN(CCC)S(=O)(=O)N1CCN(C(C)c2nnc(C)o2)CC1. The molecule has 1 atom stereocenters. The number of hydrogen-bond acceptors (Lipinski definition) is 6. The van der Waals surface area contributed by atoms with Gasteiger partial charge in [0.1, 0.15) is 0 Å². The molecule has 1 fully saturated rings. The summed E-state index contributed by atoms with van der Waals surface area (Å²) in [6.07, 6.45) is 1.65. The Morgan fingerprint density at radius 1 is 1.12 bits per heavy atom. The van der Waals surface area contributed by atoms with Crippen LogP contribution in [-0.2, 0) is 10.2 Å². The molecule has 0 amide bonds. The molecule has 0 aliphatic carbocycles. The van der Waals surface area contributed by atoms with Crippen LogP contribution in [0.3, 0.4) is 0 Å². The van der Waals surface area contributed by atoms with E-state index < -0.39 is 10.2 Å². The van der Waals surface area contributed by atoms with E-state index in [4.69, 9.17) is 4.42 Å². The van der Waals surface area contributed by atoms with E-state index in [1.807, 2.05) is 20.8 Å². The van der Waals surface area contributed by atoms with Gasteiger partial charge in [-0.15, -0.1) is 10.2 Å². The van der Waals surface area contributed by atoms with Gasteiger partial charge in [-0.1, -0.05) is 13.8 Å². The first-order chi connectivity index (χ1) is 11.4. The summed E-state index contributed by atoms with van der Waals surface area (Å²) in [6, 6.07) is -0.00144. The Balaban J connectivity index is 1.98. The molecule has 9 heteroatoms. The van der Waals surface area contributed by atoms with Gasteiger partial charge in [0.15, 0.2) is 0 Å². The highest BCUT2D eigenvalue weighted by Gasteiger charge is 2.33. The Morgan fingerprint density at radius 2 is 1.71 bits per heavy atom. The van der Waals surface area contributed by atoms with E-state index in [9.17, 15) is 8.42 Å². The fourth-order valence-electron chi connectivity index (χ4n) is 2.96. The zero-order chi connectivity index (χ0) is 17.7. The molecule has 0 aromatic carbocycles. The zero-order valence-electron chi connectivity index (χ0n) is 15.1. The van der Waals surface area contributed by atoms with Crippen LogP contribution in [-0.4, -0.2) is 71.4 Å². The van der Waals surface area contributed by atoms with Gasteiger partial charge in [-0.25, -0.2) is 0 Å². The fraction of sp³-hybridized carbons (Fsp3) is 0.867. The fourth-order valence-corrected chi connectivity index (χ4v) is 4.74. The van der Waals surface area contributed by atoms with Crippen LogP contribution < -0.4 is 0 Å². The maximum Gasteiger partial charge on any atom is 0.282 e. The van der Waals surface area contributed by atoms with Crippen molar-refractivity contribution < 1.29 is 12.8 Å². The van der Waals surface area contributed by atoms with Crippen molar-refractivity contribution in [2.75, 3.05) is 39.3 Å². The lowest BCUT2D eigenvalue weighted by molar-refractivity contribution is 0.125. The van der Waals surface area contributed by atoms with Gasteiger partial charge >= 0.3 is 0 Å². The highest BCUT2D eigenvalue weighted by Crippen LogP contribution is 2.22. The summed E-state index contributed by atoms with van der Waals surface area (Å²) in [5.41, 5.74) is 0. The Morgan fingerprint density at radius 3 is 2.17 bits per heavy atom. The van der Waals surface area contributed by atoms with Gasteiger partial charge in [0.2, 0.25) is 11.8 Å². The average molecular weight is 359 g/mol. The third-order valence-corrected chi connectivity index (χ3v) is 6.35. The van der Waals surface area contributed by atoms with Crippen molar-refractivity contribution in [3.05, 3.63) is 11.8 Å². The van der Waals surface area contributed by atoms with Crippen LogP contribution in [0.5, 0.6) is 0 Å². The highest BCUT2D eigenvalue weighted by molar-refractivity contribution is 7.86. The summed E-state index contributed by atoms with van der Waals surface area (Å²) in [4.78, 5) is 2.18. The van der Waals surface area contributed by atoms with E-state index in [-0.39, 0.29) is 6.04 Å². The minimum atomic E-state index is -3.37. The lowest BCUT2D eigenvalue weighted by atomic mass is 10.2. The molecular weight excluding hydrogens is 330 g/mol. The summed E-state index contributed by atoms with van der Waals surface area (Å²) in [6.45, 7) is 11.2. The largest absolute Gasteiger partial charge is 0.424 e. The van der Waals surface area contributed by atoms with Gasteiger partial charge in [-0.3, -0.25) is 4.90 Å². The van der Waals surface area contributed by atoms with Crippen molar-refractivity contribution >= 4 is 10.2 Å². The standard InChI is InChI=1S/C15H29N5O3S/c1-5-7-19(8-6-2)24(21,22)20-11-9-18(10-12-20)13(3)15-17-16-14(4)23-15/h13H,5-12H2,1-4H3. The lowest BCUT2D eigenvalue weighted by Gasteiger charge is -2.38. The van der Waals surface area contributed by atoms with Crippen LogP contribution in [0.1, 0.15) is 51.4 Å². The van der Waals surface area contributed by atoms with Gasteiger partial charge in [0, 0.05) is 46.2 Å². The molecule has 0 saturated carbocycles. The predicted octanol–water partition coefficient (Wildman–Crippen LogP) is 1.42. The zero-order valence-corrected chi connectivity index (χ0v) is 15.9. The van der Waals surface area contributed by atoms with Gasteiger partial charge in [-0.2, -0.15) is 17.0 Å². The summed E-state index contributed by atoms with van der Waals surface area (Å²) in [5, 5.41) is 7.93. The molecule has 1 saturated heterocycles. The molecule has 2 rings (SSSR count). The number of hydrogen-bond donors (Lipinski definition) is 0. The molecule has 1 aromatic rings. The Hall–Kier alpha value is -1.03. The molecule has 1 unspecified atom stereocenters. The molecular formula is C15H29N5O3S. The molecule has 1 aromatic heterocycles.